The minimum absolute atomic E-state index is 0.150. The molecule has 22 heavy (non-hydrogen) atoms. The quantitative estimate of drug-likeness (QED) is 0.891. The minimum atomic E-state index is -0.218. The van der Waals surface area contributed by atoms with E-state index in [0.717, 1.165) is 50.3 Å². The molecule has 4 nitrogen and oxygen atoms in total. The molecule has 1 aromatic heterocycles. The number of nitrogens with one attached hydrogen (secondary N) is 1. The van der Waals surface area contributed by atoms with Crippen molar-refractivity contribution in [1.82, 2.24) is 14.9 Å². The van der Waals surface area contributed by atoms with Gasteiger partial charge in [0.2, 0.25) is 0 Å². The maximum atomic E-state index is 13.0. The molecular formula is C17H22FN3O. The zero-order chi connectivity index (χ0) is 15.4. The smallest absolute Gasteiger partial charge is 0.123 e. The summed E-state index contributed by atoms with van der Waals surface area (Å²) in [6, 6.07) is 6.62. The van der Waals surface area contributed by atoms with E-state index in [4.69, 9.17) is 0 Å². The lowest BCUT2D eigenvalue weighted by Gasteiger charge is -2.41. The number of imidazole rings is 1. The molecule has 2 heterocycles. The molecule has 3 rings (SSSR count). The van der Waals surface area contributed by atoms with Crippen molar-refractivity contribution >= 4 is 0 Å². The third kappa shape index (κ3) is 3.54. The first-order chi connectivity index (χ1) is 10.7. The van der Waals surface area contributed by atoms with Gasteiger partial charge in [0.15, 0.2) is 0 Å². The molecule has 0 bridgehead atoms. The van der Waals surface area contributed by atoms with Crippen molar-refractivity contribution in [3.05, 3.63) is 53.9 Å². The van der Waals surface area contributed by atoms with Gasteiger partial charge in [-0.15, -0.1) is 0 Å². The second-order valence-electron chi connectivity index (χ2n) is 6.31. The lowest BCUT2D eigenvalue weighted by atomic mass is 9.75. The number of aromatic nitrogens is 2. The van der Waals surface area contributed by atoms with Gasteiger partial charge >= 0.3 is 0 Å². The van der Waals surface area contributed by atoms with Crippen molar-refractivity contribution in [1.29, 1.82) is 0 Å². The van der Waals surface area contributed by atoms with Crippen LogP contribution in [0.1, 0.15) is 24.2 Å². The number of H-pyrrole nitrogens is 1. The van der Waals surface area contributed by atoms with Crippen LogP contribution in [0, 0.1) is 11.2 Å². The Labute approximate surface area is 130 Å². The lowest BCUT2D eigenvalue weighted by Crippen LogP contribution is -2.46. The van der Waals surface area contributed by atoms with Crippen LogP contribution in [0.4, 0.5) is 4.39 Å². The predicted octanol–water partition coefficient (Wildman–Crippen LogP) is 2.37. The second kappa shape index (κ2) is 6.58. The normalized spacial score (nSPS) is 22.8. The van der Waals surface area contributed by atoms with E-state index in [1.54, 1.807) is 6.20 Å². The maximum Gasteiger partial charge on any atom is 0.123 e. The zero-order valence-corrected chi connectivity index (χ0v) is 12.6. The molecule has 1 atom stereocenters. The summed E-state index contributed by atoms with van der Waals surface area (Å²) in [7, 11) is 0. The highest BCUT2D eigenvalue weighted by molar-refractivity contribution is 5.18. The molecule has 1 saturated heterocycles. The van der Waals surface area contributed by atoms with E-state index >= 15 is 0 Å². The Morgan fingerprint density at radius 3 is 2.82 bits per heavy atom. The molecule has 0 saturated carbocycles. The Bertz CT molecular complexity index is 584. The highest BCUT2D eigenvalue weighted by Gasteiger charge is 2.35. The lowest BCUT2D eigenvalue weighted by molar-refractivity contribution is 0.0279. The van der Waals surface area contributed by atoms with Crippen molar-refractivity contribution < 1.29 is 9.50 Å². The predicted molar refractivity (Wildman–Crippen MR) is 82.7 cm³/mol. The standard InChI is InChI=1S/C17H22FN3O/c18-15-4-2-14(3-5-15)10-17(13-22)6-1-9-21(12-17)11-16-19-7-8-20-16/h2-5,7-8,22H,1,6,9-13H2,(H,19,20)/t17-/m0/s1. The highest BCUT2D eigenvalue weighted by atomic mass is 19.1. The second-order valence-corrected chi connectivity index (χ2v) is 6.31. The third-order valence-corrected chi connectivity index (χ3v) is 4.50. The SMILES string of the molecule is OC[C@]1(Cc2ccc(F)cc2)CCCN(Cc2ncc[nH]2)C1. The van der Waals surface area contributed by atoms with Crippen LogP contribution in [-0.2, 0) is 13.0 Å². The molecule has 5 heteroatoms. The van der Waals surface area contributed by atoms with E-state index in [1.807, 2.05) is 18.3 Å². The Morgan fingerprint density at radius 2 is 2.14 bits per heavy atom. The van der Waals surface area contributed by atoms with Crippen LogP contribution in [0.15, 0.2) is 36.7 Å². The molecule has 0 aliphatic carbocycles. The van der Waals surface area contributed by atoms with Crippen molar-refractivity contribution in [3.63, 3.8) is 0 Å². The molecule has 1 aliphatic rings. The first kappa shape index (κ1) is 15.2. The van der Waals surface area contributed by atoms with Crippen LogP contribution < -0.4 is 0 Å². The number of hydrogen-bond acceptors (Lipinski definition) is 3. The number of nitrogens with zero attached hydrogens (tertiary/aromatic N) is 2. The van der Waals surface area contributed by atoms with Gasteiger partial charge in [-0.05, 0) is 43.5 Å². The fraction of sp³-hybridized carbons (Fsp3) is 0.471. The van der Waals surface area contributed by atoms with Gasteiger partial charge in [-0.25, -0.2) is 9.37 Å². The number of aliphatic hydroxyl groups is 1. The minimum Gasteiger partial charge on any atom is -0.396 e. The molecule has 1 aromatic carbocycles. The van der Waals surface area contributed by atoms with E-state index in [-0.39, 0.29) is 17.8 Å². The van der Waals surface area contributed by atoms with Crippen LogP contribution in [-0.4, -0.2) is 39.7 Å². The summed E-state index contributed by atoms with van der Waals surface area (Å²) in [5.41, 5.74) is 0.929. The summed E-state index contributed by atoms with van der Waals surface area (Å²) < 4.78 is 13.0. The summed E-state index contributed by atoms with van der Waals surface area (Å²) in [4.78, 5) is 9.74. The largest absolute Gasteiger partial charge is 0.396 e. The van der Waals surface area contributed by atoms with Crippen molar-refractivity contribution in [2.75, 3.05) is 19.7 Å². The van der Waals surface area contributed by atoms with Crippen LogP contribution in [0.25, 0.3) is 0 Å². The van der Waals surface area contributed by atoms with E-state index in [2.05, 4.69) is 14.9 Å². The number of rotatable bonds is 5. The zero-order valence-electron chi connectivity index (χ0n) is 12.6. The van der Waals surface area contributed by atoms with Crippen LogP contribution >= 0.6 is 0 Å². The van der Waals surface area contributed by atoms with E-state index in [0.29, 0.717) is 0 Å². The number of aliphatic hydroxyl groups excluding tert-OH is 1. The number of piperidine rings is 1. The molecule has 0 spiro atoms. The van der Waals surface area contributed by atoms with Gasteiger partial charge in [0.05, 0.1) is 13.2 Å². The average Bonchev–Trinajstić information content (AvgIpc) is 3.03. The van der Waals surface area contributed by atoms with Crippen LogP contribution in [0.5, 0.6) is 0 Å². The number of halogens is 1. The Kier molecular flexibility index (Phi) is 4.55. The molecule has 118 valence electrons. The molecule has 0 unspecified atom stereocenters. The monoisotopic (exact) mass is 303 g/mol. The van der Waals surface area contributed by atoms with Gasteiger partial charge in [0.1, 0.15) is 11.6 Å². The van der Waals surface area contributed by atoms with Crippen LogP contribution in [0.2, 0.25) is 0 Å². The third-order valence-electron chi connectivity index (χ3n) is 4.50. The molecule has 1 aliphatic heterocycles. The number of hydrogen-bond donors (Lipinski definition) is 2. The Balaban J connectivity index is 1.69. The van der Waals surface area contributed by atoms with Gasteiger partial charge in [-0.1, -0.05) is 12.1 Å². The molecular weight excluding hydrogens is 281 g/mol. The number of benzene rings is 1. The van der Waals surface area contributed by atoms with Gasteiger partial charge in [0.25, 0.3) is 0 Å². The topological polar surface area (TPSA) is 52.1 Å². The van der Waals surface area contributed by atoms with Gasteiger partial charge in [-0.2, -0.15) is 0 Å². The van der Waals surface area contributed by atoms with Gasteiger partial charge in [-0.3, -0.25) is 4.90 Å². The van der Waals surface area contributed by atoms with E-state index < -0.39 is 0 Å². The van der Waals surface area contributed by atoms with Gasteiger partial charge < -0.3 is 10.1 Å². The van der Waals surface area contributed by atoms with Crippen molar-refractivity contribution in [2.24, 2.45) is 5.41 Å². The summed E-state index contributed by atoms with van der Waals surface area (Å²) >= 11 is 0. The van der Waals surface area contributed by atoms with Gasteiger partial charge in [0, 0.05) is 24.4 Å². The highest BCUT2D eigenvalue weighted by Crippen LogP contribution is 2.33. The molecule has 0 radical (unpaired) electrons. The maximum absolute atomic E-state index is 13.0. The summed E-state index contributed by atoms with van der Waals surface area (Å²) in [6.45, 7) is 2.78. The Morgan fingerprint density at radius 1 is 1.32 bits per heavy atom. The first-order valence-electron chi connectivity index (χ1n) is 7.75. The average molecular weight is 303 g/mol. The summed E-state index contributed by atoms with van der Waals surface area (Å²) in [5, 5.41) is 9.98. The fourth-order valence-electron chi connectivity index (χ4n) is 3.41. The molecule has 1 fully saturated rings. The van der Waals surface area contributed by atoms with Crippen LogP contribution in [0.3, 0.4) is 0 Å². The first-order valence-corrected chi connectivity index (χ1v) is 7.75. The number of likely N-dealkylation sites (tertiary alicyclic amines) is 1. The Hall–Kier alpha value is -1.72. The summed E-state index contributed by atoms with van der Waals surface area (Å²) in [6.07, 6.45) is 6.42. The summed E-state index contributed by atoms with van der Waals surface area (Å²) in [5.74, 6) is 0.736. The van der Waals surface area contributed by atoms with E-state index in [1.165, 1.54) is 12.1 Å². The number of aromatic amines is 1. The molecule has 2 aromatic rings. The van der Waals surface area contributed by atoms with Crippen molar-refractivity contribution in [2.45, 2.75) is 25.8 Å². The van der Waals surface area contributed by atoms with Crippen molar-refractivity contribution in [3.8, 4) is 0 Å². The molecule has 0 amide bonds. The van der Waals surface area contributed by atoms with E-state index in [9.17, 15) is 9.50 Å². The molecule has 2 N–H and O–H groups in total. The fourth-order valence-corrected chi connectivity index (χ4v) is 3.41.